The summed E-state index contributed by atoms with van der Waals surface area (Å²) >= 11 is 0. The lowest BCUT2D eigenvalue weighted by Crippen LogP contribution is -2.41. The first kappa shape index (κ1) is 17.0. The van der Waals surface area contributed by atoms with Crippen LogP contribution in [0, 0.1) is 0 Å². The minimum absolute atomic E-state index is 0.158. The molecule has 1 aliphatic rings. The van der Waals surface area contributed by atoms with Crippen molar-refractivity contribution in [3.8, 4) is 5.75 Å². The van der Waals surface area contributed by atoms with E-state index in [9.17, 15) is 14.7 Å². The van der Waals surface area contributed by atoms with Crippen molar-refractivity contribution in [2.75, 3.05) is 6.54 Å². The topological polar surface area (TPSA) is 79.7 Å². The highest BCUT2D eigenvalue weighted by Crippen LogP contribution is 2.20. The molecule has 1 aliphatic heterocycles. The van der Waals surface area contributed by atoms with Crippen LogP contribution in [0.4, 0.5) is 0 Å². The van der Waals surface area contributed by atoms with Gasteiger partial charge < -0.3 is 14.7 Å². The number of likely N-dealkylation sites (tertiary alicyclic amines) is 1. The van der Waals surface area contributed by atoms with Crippen molar-refractivity contribution < 1.29 is 19.4 Å². The van der Waals surface area contributed by atoms with Gasteiger partial charge in [0.05, 0.1) is 6.42 Å². The van der Waals surface area contributed by atoms with Gasteiger partial charge in [0, 0.05) is 24.5 Å². The number of rotatable bonds is 6. The van der Waals surface area contributed by atoms with Crippen LogP contribution in [0.15, 0.2) is 48.8 Å². The first-order chi connectivity index (χ1) is 12.1. The van der Waals surface area contributed by atoms with Crippen LogP contribution in [-0.2, 0) is 22.6 Å². The van der Waals surface area contributed by atoms with Crippen LogP contribution < -0.4 is 4.74 Å². The van der Waals surface area contributed by atoms with Gasteiger partial charge in [0.15, 0.2) is 0 Å². The van der Waals surface area contributed by atoms with Crippen LogP contribution >= 0.6 is 0 Å². The SMILES string of the molecule is O=C(O)[C@@H]1CCCN1C(=O)Cc1cccc(OCc2cccnc2)c1. The zero-order valence-electron chi connectivity index (χ0n) is 13.8. The van der Waals surface area contributed by atoms with E-state index in [4.69, 9.17) is 4.74 Å². The summed E-state index contributed by atoms with van der Waals surface area (Å²) in [6.07, 6.45) is 4.88. The summed E-state index contributed by atoms with van der Waals surface area (Å²) in [5, 5.41) is 9.20. The van der Waals surface area contributed by atoms with Gasteiger partial charge >= 0.3 is 5.97 Å². The number of carboxylic acids is 1. The molecule has 2 aromatic rings. The Hall–Kier alpha value is -2.89. The van der Waals surface area contributed by atoms with Gasteiger partial charge in [-0.2, -0.15) is 0 Å². The van der Waals surface area contributed by atoms with Crippen LogP contribution in [0.2, 0.25) is 0 Å². The van der Waals surface area contributed by atoms with E-state index in [1.54, 1.807) is 12.4 Å². The number of carbonyl (C=O) groups is 2. The van der Waals surface area contributed by atoms with Gasteiger partial charge in [0.1, 0.15) is 18.4 Å². The zero-order chi connectivity index (χ0) is 17.6. The average molecular weight is 340 g/mol. The van der Waals surface area contributed by atoms with Gasteiger partial charge in [-0.25, -0.2) is 4.79 Å². The average Bonchev–Trinajstić information content (AvgIpc) is 3.11. The molecule has 0 unspecified atom stereocenters. The third-order valence-electron chi connectivity index (χ3n) is 4.24. The molecular weight excluding hydrogens is 320 g/mol. The second-order valence-corrected chi connectivity index (χ2v) is 6.06. The molecule has 2 heterocycles. The Kier molecular flexibility index (Phi) is 5.28. The maximum Gasteiger partial charge on any atom is 0.326 e. The molecule has 0 spiro atoms. The fourth-order valence-corrected chi connectivity index (χ4v) is 2.99. The van der Waals surface area contributed by atoms with Gasteiger partial charge in [0.2, 0.25) is 5.91 Å². The smallest absolute Gasteiger partial charge is 0.326 e. The lowest BCUT2D eigenvalue weighted by Gasteiger charge is -2.21. The number of amides is 1. The predicted octanol–water partition coefficient (Wildman–Crippen LogP) is 2.28. The number of ether oxygens (including phenoxy) is 1. The number of nitrogens with zero attached hydrogens (tertiary/aromatic N) is 2. The first-order valence-electron chi connectivity index (χ1n) is 8.26. The second-order valence-electron chi connectivity index (χ2n) is 6.06. The number of aromatic nitrogens is 1. The third-order valence-corrected chi connectivity index (χ3v) is 4.24. The summed E-state index contributed by atoms with van der Waals surface area (Å²) in [5.74, 6) is -0.418. The largest absolute Gasteiger partial charge is 0.489 e. The highest BCUT2D eigenvalue weighted by molar-refractivity contribution is 5.85. The molecule has 6 heteroatoms. The summed E-state index contributed by atoms with van der Waals surface area (Å²) in [5.41, 5.74) is 1.77. The van der Waals surface area contributed by atoms with Crippen LogP contribution in [0.5, 0.6) is 5.75 Å². The van der Waals surface area contributed by atoms with Gasteiger partial charge in [-0.05, 0) is 36.6 Å². The molecule has 25 heavy (non-hydrogen) atoms. The molecule has 1 fully saturated rings. The van der Waals surface area contributed by atoms with Crippen LogP contribution in [0.3, 0.4) is 0 Å². The minimum atomic E-state index is -0.931. The predicted molar refractivity (Wildman–Crippen MR) is 91.1 cm³/mol. The van der Waals surface area contributed by atoms with Crippen molar-refractivity contribution in [3.63, 3.8) is 0 Å². The Balaban J connectivity index is 1.61. The number of hydrogen-bond acceptors (Lipinski definition) is 4. The summed E-state index contributed by atoms with van der Waals surface area (Å²) in [4.78, 5) is 29.2. The van der Waals surface area contributed by atoms with Crippen molar-refractivity contribution >= 4 is 11.9 Å². The van der Waals surface area contributed by atoms with Gasteiger partial charge in [-0.15, -0.1) is 0 Å². The van der Waals surface area contributed by atoms with E-state index < -0.39 is 12.0 Å². The van der Waals surface area contributed by atoms with E-state index in [1.165, 1.54) is 4.90 Å². The second kappa shape index (κ2) is 7.79. The van der Waals surface area contributed by atoms with Crippen LogP contribution in [0.25, 0.3) is 0 Å². The molecule has 6 nitrogen and oxygen atoms in total. The Morgan fingerprint density at radius 2 is 2.08 bits per heavy atom. The van der Waals surface area contributed by atoms with Crippen molar-refractivity contribution in [1.29, 1.82) is 0 Å². The number of hydrogen-bond donors (Lipinski definition) is 1. The fraction of sp³-hybridized carbons (Fsp3) is 0.316. The maximum atomic E-state index is 12.4. The van der Waals surface area contributed by atoms with Crippen molar-refractivity contribution in [2.45, 2.75) is 31.9 Å². The highest BCUT2D eigenvalue weighted by atomic mass is 16.5. The highest BCUT2D eigenvalue weighted by Gasteiger charge is 2.33. The molecule has 1 N–H and O–H groups in total. The first-order valence-corrected chi connectivity index (χ1v) is 8.26. The molecule has 0 saturated carbocycles. The lowest BCUT2D eigenvalue weighted by molar-refractivity contribution is -0.148. The number of benzene rings is 1. The van der Waals surface area contributed by atoms with Gasteiger partial charge in [0.25, 0.3) is 0 Å². The molecule has 1 amide bonds. The number of pyridine rings is 1. The number of carboxylic acid groups (broad SMARTS) is 1. The molecule has 1 aromatic heterocycles. The monoisotopic (exact) mass is 340 g/mol. The maximum absolute atomic E-state index is 12.4. The van der Waals surface area contributed by atoms with Crippen molar-refractivity contribution in [1.82, 2.24) is 9.88 Å². The summed E-state index contributed by atoms with van der Waals surface area (Å²) in [6.45, 7) is 0.908. The van der Waals surface area contributed by atoms with E-state index >= 15 is 0 Å². The van der Waals surface area contributed by atoms with Gasteiger partial charge in [-0.1, -0.05) is 18.2 Å². The quantitative estimate of drug-likeness (QED) is 0.873. The molecule has 1 atom stereocenters. The Morgan fingerprint density at radius 1 is 1.24 bits per heavy atom. The van der Waals surface area contributed by atoms with E-state index in [0.29, 0.717) is 25.3 Å². The van der Waals surface area contributed by atoms with E-state index in [-0.39, 0.29) is 12.3 Å². The van der Waals surface area contributed by atoms with Gasteiger partial charge in [-0.3, -0.25) is 9.78 Å². The molecule has 0 radical (unpaired) electrons. The Morgan fingerprint density at radius 3 is 2.84 bits per heavy atom. The molecule has 1 saturated heterocycles. The summed E-state index contributed by atoms with van der Waals surface area (Å²) < 4.78 is 5.74. The Labute approximate surface area is 146 Å². The van der Waals surface area contributed by atoms with Crippen molar-refractivity contribution in [2.24, 2.45) is 0 Å². The molecule has 0 aliphatic carbocycles. The van der Waals surface area contributed by atoms with Crippen LogP contribution in [0.1, 0.15) is 24.0 Å². The summed E-state index contributed by atoms with van der Waals surface area (Å²) in [6, 6.07) is 10.4. The van der Waals surface area contributed by atoms with E-state index in [1.807, 2.05) is 36.4 Å². The van der Waals surface area contributed by atoms with E-state index in [2.05, 4.69) is 4.98 Å². The Bertz CT molecular complexity index is 748. The molecule has 0 bridgehead atoms. The molecule has 1 aromatic carbocycles. The van der Waals surface area contributed by atoms with Crippen molar-refractivity contribution in [3.05, 3.63) is 59.9 Å². The molecule has 130 valence electrons. The zero-order valence-corrected chi connectivity index (χ0v) is 13.8. The summed E-state index contributed by atoms with van der Waals surface area (Å²) in [7, 11) is 0. The van der Waals surface area contributed by atoms with E-state index in [0.717, 1.165) is 17.5 Å². The normalized spacial score (nSPS) is 16.6. The molecular formula is C19H20N2O4. The molecule has 3 rings (SSSR count). The fourth-order valence-electron chi connectivity index (χ4n) is 2.99. The van der Waals surface area contributed by atoms with Crippen LogP contribution in [-0.4, -0.2) is 39.5 Å². The third kappa shape index (κ3) is 4.35. The minimum Gasteiger partial charge on any atom is -0.489 e. The number of aliphatic carboxylic acids is 1. The lowest BCUT2D eigenvalue weighted by atomic mass is 10.1. The standard InChI is InChI=1S/C19H20N2O4/c22-18(21-9-3-7-17(21)19(23)24)11-14-4-1-6-16(10-14)25-13-15-5-2-8-20-12-15/h1-2,4-6,8,10,12,17H,3,7,9,11,13H2,(H,23,24)/t17-/m0/s1. The number of carbonyl (C=O) groups excluding carboxylic acids is 1.